The molecule has 1 aromatic heterocycles. The van der Waals surface area contributed by atoms with Crippen molar-refractivity contribution >= 4 is 38.1 Å². The maximum Gasteiger partial charge on any atom is 0.293 e. The van der Waals surface area contributed by atoms with Crippen molar-refractivity contribution in [1.29, 1.82) is 0 Å². The molecular weight excluding hydrogens is 544 g/mol. The number of rotatable bonds is 6. The van der Waals surface area contributed by atoms with E-state index in [1.54, 1.807) is 0 Å². The Morgan fingerprint density at radius 3 is 2.35 bits per heavy atom. The van der Waals surface area contributed by atoms with Gasteiger partial charge in [0.2, 0.25) is 11.2 Å². The number of aromatic hydroxyl groups is 3. The van der Waals surface area contributed by atoms with Crippen molar-refractivity contribution in [3.05, 3.63) is 74.9 Å². The zero-order valence-corrected chi connectivity index (χ0v) is 21.9. The number of sulfonamides is 1. The molecule has 1 saturated heterocycles. The van der Waals surface area contributed by atoms with Crippen molar-refractivity contribution in [1.82, 2.24) is 4.90 Å². The summed E-state index contributed by atoms with van der Waals surface area (Å²) in [4.78, 5) is 27.7. The van der Waals surface area contributed by atoms with E-state index < -0.39 is 37.6 Å². The smallest absolute Gasteiger partial charge is 0.293 e. The van der Waals surface area contributed by atoms with E-state index in [1.165, 1.54) is 36.4 Å². The Labute approximate surface area is 227 Å². The number of hydrogen-bond donors (Lipinski definition) is 4. The summed E-state index contributed by atoms with van der Waals surface area (Å²) >= 11 is 0. The number of piperazine rings is 1. The monoisotopic (exact) mass is 568 g/mol. The topological polar surface area (TPSA) is 187 Å². The van der Waals surface area contributed by atoms with Gasteiger partial charge in [0.25, 0.3) is 15.7 Å². The van der Waals surface area contributed by atoms with Crippen LogP contribution in [0.5, 0.6) is 17.2 Å². The molecule has 0 unspecified atom stereocenters. The van der Waals surface area contributed by atoms with Gasteiger partial charge in [-0.05, 0) is 55.6 Å². The normalized spacial score (nSPS) is 14.4. The lowest BCUT2D eigenvalue weighted by Crippen LogP contribution is -2.44. The van der Waals surface area contributed by atoms with Crippen molar-refractivity contribution in [2.75, 3.05) is 42.8 Å². The Balaban J connectivity index is 1.47. The summed E-state index contributed by atoms with van der Waals surface area (Å²) < 4.78 is 34.2. The number of hydrogen-bond acceptors (Lipinski definition) is 11. The van der Waals surface area contributed by atoms with Gasteiger partial charge in [-0.2, -0.15) is 0 Å². The number of fused-ring (bicyclic) bond motifs is 1. The van der Waals surface area contributed by atoms with Gasteiger partial charge in [0, 0.05) is 43.5 Å². The third-order valence-electron chi connectivity index (χ3n) is 6.65. The van der Waals surface area contributed by atoms with Gasteiger partial charge >= 0.3 is 0 Å². The summed E-state index contributed by atoms with van der Waals surface area (Å²) in [5, 5.41) is 41.4. The highest BCUT2D eigenvalue weighted by Gasteiger charge is 2.26. The summed E-state index contributed by atoms with van der Waals surface area (Å²) in [6.07, 6.45) is 0. The fraction of sp³-hybridized carbons (Fsp3) is 0.192. The van der Waals surface area contributed by atoms with Crippen LogP contribution in [0, 0.1) is 10.1 Å². The number of anilines is 2. The number of nitro benzene ring substituents is 1. The number of nitrogens with one attached hydrogen (secondary N) is 1. The van der Waals surface area contributed by atoms with Crippen LogP contribution in [0.15, 0.2) is 68.7 Å². The molecule has 208 valence electrons. The highest BCUT2D eigenvalue weighted by Crippen LogP contribution is 2.36. The predicted octanol–water partition coefficient (Wildman–Crippen LogP) is 3.04. The summed E-state index contributed by atoms with van der Waals surface area (Å²) in [5.41, 5.74) is -0.784. The van der Waals surface area contributed by atoms with Gasteiger partial charge in [0.15, 0.2) is 17.3 Å². The van der Waals surface area contributed by atoms with Crippen LogP contribution in [0.2, 0.25) is 0 Å². The molecule has 0 amide bonds. The minimum atomic E-state index is -4.31. The van der Waals surface area contributed by atoms with Gasteiger partial charge in [-0.15, -0.1) is 0 Å². The lowest BCUT2D eigenvalue weighted by Gasteiger charge is -2.33. The Morgan fingerprint density at radius 1 is 0.950 bits per heavy atom. The Morgan fingerprint density at radius 2 is 1.68 bits per heavy atom. The molecule has 4 aromatic rings. The summed E-state index contributed by atoms with van der Waals surface area (Å²) in [6, 6.07) is 11.1. The molecule has 0 saturated carbocycles. The van der Waals surface area contributed by atoms with E-state index in [1.807, 2.05) is 11.9 Å². The second-order valence-corrected chi connectivity index (χ2v) is 11.0. The Hall–Kier alpha value is -4.82. The largest absolute Gasteiger partial charge is 0.504 e. The minimum Gasteiger partial charge on any atom is -0.504 e. The molecule has 0 aliphatic carbocycles. The van der Waals surface area contributed by atoms with Crippen molar-refractivity contribution in [2.24, 2.45) is 0 Å². The van der Waals surface area contributed by atoms with Gasteiger partial charge in [0.05, 0.1) is 15.2 Å². The van der Waals surface area contributed by atoms with Crippen LogP contribution in [-0.2, 0) is 10.0 Å². The Kier molecular flexibility index (Phi) is 6.73. The van der Waals surface area contributed by atoms with E-state index in [-0.39, 0.29) is 38.6 Å². The summed E-state index contributed by atoms with van der Waals surface area (Å²) in [6.45, 7) is 2.54. The number of likely N-dealkylation sites (N-methyl/N-ethyl adjacent to an activating group) is 1. The van der Waals surface area contributed by atoms with Crippen molar-refractivity contribution in [2.45, 2.75) is 4.90 Å². The Bertz CT molecular complexity index is 1810. The first-order valence-electron chi connectivity index (χ1n) is 12.0. The van der Waals surface area contributed by atoms with E-state index >= 15 is 0 Å². The van der Waals surface area contributed by atoms with E-state index in [4.69, 9.17) is 4.42 Å². The second kappa shape index (κ2) is 10.1. The molecule has 0 bridgehead atoms. The summed E-state index contributed by atoms with van der Waals surface area (Å²) in [7, 11) is -2.36. The maximum atomic E-state index is 13.1. The van der Waals surface area contributed by atoms with Gasteiger partial charge < -0.3 is 29.5 Å². The fourth-order valence-electron chi connectivity index (χ4n) is 4.45. The van der Waals surface area contributed by atoms with Gasteiger partial charge in [-0.25, -0.2) is 8.42 Å². The second-order valence-electron chi connectivity index (χ2n) is 9.33. The molecule has 0 spiro atoms. The zero-order chi connectivity index (χ0) is 28.8. The third-order valence-corrected chi connectivity index (χ3v) is 8.03. The maximum absolute atomic E-state index is 13.1. The first-order valence-corrected chi connectivity index (χ1v) is 13.5. The summed E-state index contributed by atoms with van der Waals surface area (Å²) in [5.74, 6) is -1.93. The third kappa shape index (κ3) is 4.97. The average molecular weight is 569 g/mol. The molecule has 1 aliphatic heterocycles. The van der Waals surface area contributed by atoms with E-state index in [0.717, 1.165) is 18.2 Å². The van der Waals surface area contributed by atoms with Crippen LogP contribution < -0.4 is 15.1 Å². The molecular formula is C26H24N4O9S. The van der Waals surface area contributed by atoms with Crippen LogP contribution in [0.3, 0.4) is 0 Å². The lowest BCUT2D eigenvalue weighted by atomic mass is 10.1. The highest BCUT2D eigenvalue weighted by atomic mass is 32.2. The van der Waals surface area contributed by atoms with Crippen molar-refractivity contribution < 1.29 is 33.1 Å². The molecule has 14 heteroatoms. The quantitative estimate of drug-likeness (QED) is 0.152. The predicted molar refractivity (Wildman–Crippen MR) is 147 cm³/mol. The van der Waals surface area contributed by atoms with E-state index in [0.29, 0.717) is 31.9 Å². The molecule has 13 nitrogen and oxygen atoms in total. The molecule has 0 atom stereocenters. The molecule has 40 heavy (non-hydrogen) atoms. The van der Waals surface area contributed by atoms with Gasteiger partial charge in [-0.3, -0.25) is 19.6 Å². The molecule has 4 N–H and O–H groups in total. The van der Waals surface area contributed by atoms with E-state index in [2.05, 4.69) is 9.62 Å². The van der Waals surface area contributed by atoms with Gasteiger partial charge in [0.1, 0.15) is 11.3 Å². The molecule has 5 rings (SSSR count). The van der Waals surface area contributed by atoms with Crippen molar-refractivity contribution in [3.8, 4) is 28.6 Å². The fourth-order valence-corrected chi connectivity index (χ4v) is 5.52. The van der Waals surface area contributed by atoms with Crippen LogP contribution >= 0.6 is 0 Å². The number of nitro groups is 1. The van der Waals surface area contributed by atoms with Crippen LogP contribution in [-0.4, -0.2) is 66.8 Å². The standard InChI is InChI=1S/C26H24N4O9S/c1-28-8-10-29(11-9-28)19-5-4-17(14-20(19)30(35)36)40(37,38)27-16-3-7-23-18(13-16)24(33)25(34)26(39-23)15-2-6-21(31)22(32)12-15/h2-7,12-14,27,31-32,34H,8-11H2,1H3. The number of phenolic OH excluding ortho intramolecular Hbond substituents is 2. The first-order chi connectivity index (χ1) is 18.9. The molecule has 2 heterocycles. The van der Waals surface area contributed by atoms with Crippen LogP contribution in [0.4, 0.5) is 17.1 Å². The SMILES string of the molecule is CN1CCN(c2ccc(S(=O)(=O)Nc3ccc4oc(-c5ccc(O)c(O)c5)c(O)c(=O)c4c3)cc2[N+](=O)[O-])CC1. The molecule has 0 radical (unpaired) electrons. The number of nitrogens with zero attached hydrogens (tertiary/aromatic N) is 3. The zero-order valence-electron chi connectivity index (χ0n) is 21.1. The molecule has 1 fully saturated rings. The lowest BCUT2D eigenvalue weighted by molar-refractivity contribution is -0.384. The number of phenols is 2. The first kappa shape index (κ1) is 26.8. The molecule has 1 aliphatic rings. The van der Waals surface area contributed by atoms with Crippen LogP contribution in [0.1, 0.15) is 0 Å². The highest BCUT2D eigenvalue weighted by molar-refractivity contribution is 7.92. The van der Waals surface area contributed by atoms with Gasteiger partial charge in [-0.1, -0.05) is 0 Å². The van der Waals surface area contributed by atoms with E-state index in [9.17, 15) is 38.6 Å². The number of benzene rings is 3. The van der Waals surface area contributed by atoms with Crippen molar-refractivity contribution in [3.63, 3.8) is 0 Å². The minimum absolute atomic E-state index is 0.0143. The average Bonchev–Trinajstić information content (AvgIpc) is 2.92. The molecule has 3 aromatic carbocycles. The van der Waals surface area contributed by atoms with Crippen LogP contribution in [0.25, 0.3) is 22.3 Å².